The highest BCUT2D eigenvalue weighted by Crippen LogP contribution is 2.38. The summed E-state index contributed by atoms with van der Waals surface area (Å²) in [6.07, 6.45) is 3.50. The number of rotatable bonds is 17. The molecule has 0 radical (unpaired) electrons. The van der Waals surface area contributed by atoms with E-state index in [-0.39, 0.29) is 29.5 Å². The molecule has 3 rings (SSSR count). The molecule has 0 aliphatic carbocycles. The first-order valence-electron chi connectivity index (χ1n) is 13.4. The molecule has 0 heterocycles. The van der Waals surface area contributed by atoms with Gasteiger partial charge < -0.3 is 24.3 Å². The summed E-state index contributed by atoms with van der Waals surface area (Å²) < 4.78 is 51.7. The average Bonchev–Trinajstić information content (AvgIpc) is 2.97. The number of benzene rings is 3. The highest BCUT2D eigenvalue weighted by molar-refractivity contribution is 7.89. The van der Waals surface area contributed by atoms with Crippen LogP contribution in [0, 0.1) is 0 Å². The topological polar surface area (TPSA) is 112 Å². The average molecular weight is 571 g/mol. The van der Waals surface area contributed by atoms with Gasteiger partial charge in [0.05, 0.1) is 18.4 Å². The Kier molecular flexibility index (Phi) is 12.3. The zero-order chi connectivity index (χ0) is 28.8. The predicted octanol–water partition coefficient (Wildman–Crippen LogP) is 6.11. The van der Waals surface area contributed by atoms with E-state index in [1.807, 2.05) is 19.9 Å². The molecule has 0 atom stereocenters. The molecule has 0 aromatic heterocycles. The minimum Gasteiger partial charge on any atom is -0.497 e. The van der Waals surface area contributed by atoms with Crippen molar-refractivity contribution in [2.75, 3.05) is 32.3 Å². The largest absolute Gasteiger partial charge is 0.497 e. The van der Waals surface area contributed by atoms with Crippen LogP contribution >= 0.6 is 0 Å². The molecule has 3 aromatic carbocycles. The van der Waals surface area contributed by atoms with Gasteiger partial charge in [-0.15, -0.1) is 0 Å². The molecule has 9 nitrogen and oxygen atoms in total. The first-order valence-corrected chi connectivity index (χ1v) is 14.9. The monoisotopic (exact) mass is 570 g/mol. The van der Waals surface area contributed by atoms with Crippen LogP contribution in [0.4, 0.5) is 5.69 Å². The van der Waals surface area contributed by atoms with Gasteiger partial charge in [0.1, 0.15) is 29.7 Å². The maximum absolute atomic E-state index is 13.5. The number of unbranched alkanes of at least 4 members (excludes halogenated alkanes) is 2. The Morgan fingerprint density at radius 2 is 1.62 bits per heavy atom. The van der Waals surface area contributed by atoms with E-state index in [1.54, 1.807) is 61.7 Å². The Hall–Kier alpha value is -3.60. The molecule has 0 fully saturated rings. The molecule has 0 aliphatic heterocycles. The smallest absolute Gasteiger partial charge is 0.338 e. The Morgan fingerprint density at radius 3 is 2.30 bits per heavy atom. The molecule has 2 N–H and O–H groups in total. The van der Waals surface area contributed by atoms with Gasteiger partial charge >= 0.3 is 5.97 Å². The molecule has 40 heavy (non-hydrogen) atoms. The molecule has 0 bridgehead atoms. The van der Waals surface area contributed by atoms with Crippen LogP contribution in [0.25, 0.3) is 0 Å². The number of methoxy groups -OCH3 is 1. The molecular formula is C30H38N2O7S. The maximum atomic E-state index is 13.5. The van der Waals surface area contributed by atoms with E-state index in [0.29, 0.717) is 30.3 Å². The van der Waals surface area contributed by atoms with Crippen LogP contribution in [0.2, 0.25) is 0 Å². The van der Waals surface area contributed by atoms with Gasteiger partial charge in [-0.05, 0) is 54.8 Å². The van der Waals surface area contributed by atoms with E-state index in [0.717, 1.165) is 31.2 Å². The number of carbonyl (C=O) groups is 1. The molecule has 3 aromatic rings. The van der Waals surface area contributed by atoms with Crippen LogP contribution in [0.3, 0.4) is 0 Å². The van der Waals surface area contributed by atoms with Gasteiger partial charge in [0.15, 0.2) is 5.75 Å². The molecule has 10 heteroatoms. The third-order valence-electron chi connectivity index (χ3n) is 5.91. The maximum Gasteiger partial charge on any atom is 0.338 e. The van der Waals surface area contributed by atoms with E-state index in [9.17, 15) is 13.2 Å². The third-order valence-corrected chi connectivity index (χ3v) is 7.29. The first kappa shape index (κ1) is 30.9. The molecule has 0 amide bonds. The zero-order valence-electron chi connectivity index (χ0n) is 23.3. The minimum absolute atomic E-state index is 0.00922. The summed E-state index contributed by atoms with van der Waals surface area (Å²) in [5.41, 5.74) is 1.20. The highest BCUT2D eigenvalue weighted by atomic mass is 32.2. The van der Waals surface area contributed by atoms with Gasteiger partial charge in [0.2, 0.25) is 10.0 Å². The van der Waals surface area contributed by atoms with E-state index >= 15 is 0 Å². The van der Waals surface area contributed by atoms with Crippen molar-refractivity contribution in [2.24, 2.45) is 0 Å². The van der Waals surface area contributed by atoms with E-state index < -0.39 is 16.0 Å². The Morgan fingerprint density at radius 1 is 0.900 bits per heavy atom. The second-order valence-electron chi connectivity index (χ2n) is 9.02. The molecule has 216 valence electrons. The lowest BCUT2D eigenvalue weighted by molar-refractivity contribution is 0.0472. The summed E-state index contributed by atoms with van der Waals surface area (Å²) in [7, 11) is -2.57. The second-order valence-corrected chi connectivity index (χ2v) is 10.8. The van der Waals surface area contributed by atoms with E-state index in [2.05, 4.69) is 10.0 Å². The Balaban J connectivity index is 1.97. The number of nitrogens with one attached hydrogen (secondary N) is 2. The quantitative estimate of drug-likeness (QED) is 0.114. The van der Waals surface area contributed by atoms with Gasteiger partial charge in [0, 0.05) is 13.2 Å². The van der Waals surface area contributed by atoms with Crippen molar-refractivity contribution < 1.29 is 32.2 Å². The van der Waals surface area contributed by atoms with Crippen molar-refractivity contribution in [3.8, 4) is 17.2 Å². The fraction of sp³-hybridized carbons (Fsp3) is 0.367. The van der Waals surface area contributed by atoms with E-state index in [1.165, 1.54) is 6.07 Å². The van der Waals surface area contributed by atoms with Gasteiger partial charge in [-0.3, -0.25) is 0 Å². The van der Waals surface area contributed by atoms with Crippen molar-refractivity contribution in [3.63, 3.8) is 0 Å². The standard InChI is InChI=1S/C30H38N2O7S/c1-4-6-17-31-27-19-24(30(33)38-21-23-13-15-25(36-3)16-14-23)20-28(29(27)39-26-11-9-8-10-12-26)40(34,35)32-22-37-18-7-5-2/h8-16,19-20,31-32H,4-7,17-18,21-22H2,1-3H3. The molecule has 0 saturated carbocycles. The number of esters is 1. The van der Waals surface area contributed by atoms with Crippen molar-refractivity contribution in [3.05, 3.63) is 77.9 Å². The summed E-state index contributed by atoms with van der Waals surface area (Å²) in [5.74, 6) is 0.547. The number of para-hydroxylation sites is 1. The number of sulfonamides is 1. The number of hydrogen-bond donors (Lipinski definition) is 2. The third kappa shape index (κ3) is 9.25. The zero-order valence-corrected chi connectivity index (χ0v) is 24.1. The fourth-order valence-electron chi connectivity index (χ4n) is 3.63. The van der Waals surface area contributed by atoms with Crippen molar-refractivity contribution in [2.45, 2.75) is 51.0 Å². The number of anilines is 1. The summed E-state index contributed by atoms with van der Waals surface area (Å²) in [6.45, 7) is 4.85. The Bertz CT molecular complexity index is 1310. The summed E-state index contributed by atoms with van der Waals surface area (Å²) in [5, 5.41) is 3.24. The van der Waals surface area contributed by atoms with Gasteiger partial charge in [-0.1, -0.05) is 57.0 Å². The van der Waals surface area contributed by atoms with Crippen LogP contribution in [-0.2, 0) is 26.1 Å². The summed E-state index contributed by atoms with van der Waals surface area (Å²) in [6, 6.07) is 18.8. The van der Waals surface area contributed by atoms with Crippen molar-refractivity contribution in [1.29, 1.82) is 0 Å². The minimum atomic E-state index is -4.14. The van der Waals surface area contributed by atoms with Gasteiger partial charge in [-0.2, -0.15) is 4.72 Å². The van der Waals surface area contributed by atoms with Crippen LogP contribution in [0.1, 0.15) is 55.5 Å². The van der Waals surface area contributed by atoms with Gasteiger partial charge in [0.25, 0.3) is 0 Å². The Labute approximate surface area is 236 Å². The van der Waals surface area contributed by atoms with Crippen molar-refractivity contribution >= 4 is 21.7 Å². The molecule has 0 aliphatic rings. The molecular weight excluding hydrogens is 532 g/mol. The number of carbonyl (C=O) groups excluding carboxylic acids is 1. The number of hydrogen-bond acceptors (Lipinski definition) is 8. The number of ether oxygens (including phenoxy) is 4. The normalized spacial score (nSPS) is 11.2. The lowest BCUT2D eigenvalue weighted by Crippen LogP contribution is -2.27. The second kappa shape index (κ2) is 15.9. The van der Waals surface area contributed by atoms with Crippen molar-refractivity contribution in [1.82, 2.24) is 4.72 Å². The van der Waals surface area contributed by atoms with Crippen LogP contribution < -0.4 is 19.5 Å². The molecule has 0 spiro atoms. The van der Waals surface area contributed by atoms with Crippen LogP contribution in [0.15, 0.2) is 71.6 Å². The predicted molar refractivity (Wildman–Crippen MR) is 155 cm³/mol. The first-order chi connectivity index (χ1) is 19.4. The van der Waals surface area contributed by atoms with Gasteiger partial charge in [-0.25, -0.2) is 13.2 Å². The van der Waals surface area contributed by atoms with Crippen LogP contribution in [-0.4, -0.2) is 41.4 Å². The lowest BCUT2D eigenvalue weighted by Gasteiger charge is -2.19. The fourth-order valence-corrected chi connectivity index (χ4v) is 4.70. The van der Waals surface area contributed by atoms with E-state index in [4.69, 9.17) is 18.9 Å². The SMILES string of the molecule is CCCCNc1cc(C(=O)OCc2ccc(OC)cc2)cc(S(=O)(=O)NCOCCCC)c1Oc1ccccc1. The summed E-state index contributed by atoms with van der Waals surface area (Å²) >= 11 is 0. The molecule has 0 unspecified atom stereocenters. The summed E-state index contributed by atoms with van der Waals surface area (Å²) in [4.78, 5) is 12.9. The molecule has 0 saturated heterocycles. The van der Waals surface area contributed by atoms with Crippen LogP contribution in [0.5, 0.6) is 17.2 Å². The lowest BCUT2D eigenvalue weighted by atomic mass is 10.1. The highest BCUT2D eigenvalue weighted by Gasteiger charge is 2.26.